The molecule has 16 heavy (non-hydrogen) atoms. The minimum absolute atomic E-state index is 0.423. The normalized spacial score (nSPS) is 25.1. The number of hydrogen-bond acceptors (Lipinski definition) is 3. The molecular formula is C12H15IN2S. The summed E-state index contributed by atoms with van der Waals surface area (Å²) >= 11 is 4.13. The molecule has 1 aliphatic rings. The van der Waals surface area contributed by atoms with Gasteiger partial charge in [0.1, 0.15) is 0 Å². The van der Waals surface area contributed by atoms with E-state index in [1.165, 1.54) is 3.57 Å². The predicted molar refractivity (Wildman–Crippen MR) is 81.3 cm³/mol. The van der Waals surface area contributed by atoms with Crippen LogP contribution in [0.4, 0.5) is 5.69 Å². The smallest absolute Gasteiger partial charge is 0.161 e. The summed E-state index contributed by atoms with van der Waals surface area (Å²) in [6.07, 6.45) is 0. The zero-order chi connectivity index (χ0) is 11.5. The molecule has 0 amide bonds. The highest BCUT2D eigenvalue weighted by Gasteiger charge is 2.19. The third kappa shape index (κ3) is 3.13. The molecule has 2 rings (SSSR count). The number of anilines is 1. The van der Waals surface area contributed by atoms with Gasteiger partial charge in [0.15, 0.2) is 5.17 Å². The van der Waals surface area contributed by atoms with Crippen molar-refractivity contribution >= 4 is 45.2 Å². The Labute approximate surface area is 114 Å². The molecule has 0 fully saturated rings. The first-order valence-electron chi connectivity index (χ1n) is 5.38. The van der Waals surface area contributed by atoms with E-state index in [2.05, 4.69) is 71.0 Å². The van der Waals surface area contributed by atoms with Gasteiger partial charge in [-0.1, -0.05) is 24.8 Å². The molecule has 4 heteroatoms. The molecule has 1 N–H and O–H groups in total. The molecule has 0 aliphatic carbocycles. The monoisotopic (exact) mass is 346 g/mol. The van der Waals surface area contributed by atoms with Crippen LogP contribution in [0.3, 0.4) is 0 Å². The number of amidine groups is 1. The molecule has 0 saturated carbocycles. The maximum absolute atomic E-state index is 4.65. The molecule has 1 aromatic carbocycles. The number of nitrogens with zero attached hydrogens (tertiary/aromatic N) is 1. The zero-order valence-electron chi connectivity index (χ0n) is 9.40. The minimum Gasteiger partial charge on any atom is -0.335 e. The Morgan fingerprint density at radius 1 is 1.44 bits per heavy atom. The summed E-state index contributed by atoms with van der Waals surface area (Å²) in [6, 6.07) is 8.78. The van der Waals surface area contributed by atoms with E-state index >= 15 is 0 Å². The van der Waals surface area contributed by atoms with Gasteiger partial charge in [0.25, 0.3) is 0 Å². The number of hydrogen-bond donors (Lipinski definition) is 1. The quantitative estimate of drug-likeness (QED) is 0.782. The van der Waals surface area contributed by atoms with E-state index in [9.17, 15) is 0 Å². The maximum Gasteiger partial charge on any atom is 0.161 e. The van der Waals surface area contributed by atoms with E-state index in [1.54, 1.807) is 0 Å². The number of nitrogens with one attached hydrogen (secondary N) is 1. The largest absolute Gasteiger partial charge is 0.335 e. The molecule has 0 saturated heterocycles. The van der Waals surface area contributed by atoms with Gasteiger partial charge in [-0.05, 0) is 53.6 Å². The standard InChI is InChI=1S/C12H15IN2S/c1-8-7-16-12(14-9(8)2)15-11-5-3-4-10(13)6-11/h3-6,8-9H,7H2,1-2H3,(H,14,15). The third-order valence-corrected chi connectivity index (χ3v) is 4.55. The number of thioether (sulfide) groups is 1. The van der Waals surface area contributed by atoms with Crippen molar-refractivity contribution in [1.29, 1.82) is 0 Å². The predicted octanol–water partition coefficient (Wildman–Crippen LogP) is 3.83. The highest BCUT2D eigenvalue weighted by Crippen LogP contribution is 2.24. The van der Waals surface area contributed by atoms with Gasteiger partial charge in [0, 0.05) is 15.0 Å². The van der Waals surface area contributed by atoms with E-state index < -0.39 is 0 Å². The first kappa shape index (κ1) is 12.2. The summed E-state index contributed by atoms with van der Waals surface area (Å²) in [7, 11) is 0. The Bertz CT molecular complexity index is 406. The van der Waals surface area contributed by atoms with Crippen molar-refractivity contribution in [2.75, 3.05) is 11.1 Å². The molecule has 1 aliphatic heterocycles. The second kappa shape index (κ2) is 5.40. The number of benzene rings is 1. The third-order valence-electron chi connectivity index (χ3n) is 2.70. The molecule has 2 unspecified atom stereocenters. The Morgan fingerprint density at radius 3 is 2.94 bits per heavy atom. The summed E-state index contributed by atoms with van der Waals surface area (Å²) in [4.78, 5) is 4.65. The fourth-order valence-electron chi connectivity index (χ4n) is 1.46. The molecule has 0 spiro atoms. The molecule has 86 valence electrons. The summed E-state index contributed by atoms with van der Waals surface area (Å²) in [6.45, 7) is 4.43. The Hall–Kier alpha value is -0.230. The number of aliphatic imine (C=N–C) groups is 1. The molecule has 1 aromatic rings. The summed E-state index contributed by atoms with van der Waals surface area (Å²) in [5.74, 6) is 1.82. The number of rotatable bonds is 1. The van der Waals surface area contributed by atoms with Crippen LogP contribution in [0.2, 0.25) is 0 Å². The average molecular weight is 346 g/mol. The van der Waals surface area contributed by atoms with Gasteiger partial charge in [-0.15, -0.1) is 0 Å². The molecule has 2 nitrogen and oxygen atoms in total. The zero-order valence-corrected chi connectivity index (χ0v) is 12.4. The van der Waals surface area contributed by atoms with Crippen LogP contribution in [0.5, 0.6) is 0 Å². The molecular weight excluding hydrogens is 331 g/mol. The average Bonchev–Trinajstić information content (AvgIpc) is 2.24. The van der Waals surface area contributed by atoms with Gasteiger partial charge in [0.2, 0.25) is 0 Å². The fourth-order valence-corrected chi connectivity index (χ4v) is 3.13. The van der Waals surface area contributed by atoms with Crippen LogP contribution in [0, 0.1) is 9.49 Å². The van der Waals surface area contributed by atoms with Crippen LogP contribution in [0.1, 0.15) is 13.8 Å². The van der Waals surface area contributed by atoms with E-state index in [4.69, 9.17) is 0 Å². The first-order valence-corrected chi connectivity index (χ1v) is 7.45. The lowest BCUT2D eigenvalue weighted by Crippen LogP contribution is -2.25. The highest BCUT2D eigenvalue weighted by atomic mass is 127. The molecule has 1 heterocycles. The van der Waals surface area contributed by atoms with E-state index in [0.29, 0.717) is 12.0 Å². The topological polar surface area (TPSA) is 24.4 Å². The van der Waals surface area contributed by atoms with Crippen molar-refractivity contribution in [3.63, 3.8) is 0 Å². The van der Waals surface area contributed by atoms with Crippen molar-refractivity contribution < 1.29 is 0 Å². The van der Waals surface area contributed by atoms with E-state index in [-0.39, 0.29) is 0 Å². The Balaban J connectivity index is 2.08. The number of halogens is 1. The van der Waals surface area contributed by atoms with Crippen LogP contribution in [0.25, 0.3) is 0 Å². The van der Waals surface area contributed by atoms with Crippen molar-refractivity contribution in [2.45, 2.75) is 19.9 Å². The lowest BCUT2D eigenvalue weighted by Gasteiger charge is -2.23. The van der Waals surface area contributed by atoms with Crippen LogP contribution >= 0.6 is 34.4 Å². The summed E-state index contributed by atoms with van der Waals surface area (Å²) < 4.78 is 1.24. The van der Waals surface area contributed by atoms with Gasteiger partial charge in [0.05, 0.1) is 6.04 Å². The maximum atomic E-state index is 4.65. The highest BCUT2D eigenvalue weighted by molar-refractivity contribution is 14.1. The second-order valence-electron chi connectivity index (χ2n) is 4.10. The van der Waals surface area contributed by atoms with Crippen LogP contribution in [-0.4, -0.2) is 17.0 Å². The Kier molecular flexibility index (Phi) is 4.13. The van der Waals surface area contributed by atoms with E-state index in [0.717, 1.165) is 16.6 Å². The Morgan fingerprint density at radius 2 is 2.25 bits per heavy atom. The van der Waals surface area contributed by atoms with Crippen molar-refractivity contribution in [3.8, 4) is 0 Å². The summed E-state index contributed by atoms with van der Waals surface area (Å²) in [5.41, 5.74) is 1.12. The minimum atomic E-state index is 0.423. The van der Waals surface area contributed by atoms with Gasteiger partial charge in [-0.3, -0.25) is 4.99 Å². The second-order valence-corrected chi connectivity index (χ2v) is 6.35. The first-order chi connectivity index (χ1) is 7.65. The fraction of sp³-hybridized carbons (Fsp3) is 0.417. The van der Waals surface area contributed by atoms with Crippen LogP contribution < -0.4 is 5.32 Å². The lowest BCUT2D eigenvalue weighted by molar-refractivity contribution is 0.537. The van der Waals surface area contributed by atoms with Gasteiger partial charge in [-0.25, -0.2) is 0 Å². The van der Waals surface area contributed by atoms with Crippen molar-refractivity contribution in [2.24, 2.45) is 10.9 Å². The van der Waals surface area contributed by atoms with Gasteiger partial charge < -0.3 is 5.32 Å². The van der Waals surface area contributed by atoms with Gasteiger partial charge >= 0.3 is 0 Å². The van der Waals surface area contributed by atoms with E-state index in [1.807, 2.05) is 11.8 Å². The van der Waals surface area contributed by atoms with Crippen LogP contribution in [-0.2, 0) is 0 Å². The van der Waals surface area contributed by atoms with Crippen molar-refractivity contribution in [1.82, 2.24) is 0 Å². The molecule has 0 bridgehead atoms. The molecule has 2 atom stereocenters. The molecule has 0 radical (unpaired) electrons. The van der Waals surface area contributed by atoms with Crippen molar-refractivity contribution in [3.05, 3.63) is 27.8 Å². The lowest BCUT2D eigenvalue weighted by atomic mass is 10.1. The SMILES string of the molecule is CC1CSC(Nc2cccc(I)c2)=NC1C. The summed E-state index contributed by atoms with van der Waals surface area (Å²) in [5, 5.41) is 4.43. The van der Waals surface area contributed by atoms with Gasteiger partial charge in [-0.2, -0.15) is 0 Å². The molecule has 0 aromatic heterocycles. The van der Waals surface area contributed by atoms with Crippen LogP contribution in [0.15, 0.2) is 29.3 Å².